The summed E-state index contributed by atoms with van der Waals surface area (Å²) in [6, 6.07) is 4.31. The van der Waals surface area contributed by atoms with Crippen molar-refractivity contribution in [2.75, 3.05) is 0 Å². The lowest BCUT2D eigenvalue weighted by molar-refractivity contribution is -0.0469. The van der Waals surface area contributed by atoms with Gasteiger partial charge in [-0.05, 0) is 50.3 Å². The van der Waals surface area contributed by atoms with Gasteiger partial charge in [-0.25, -0.2) is 0 Å². The quantitative estimate of drug-likeness (QED) is 0.691. The number of ether oxygens (including phenoxy) is 1. The molecule has 2 heteroatoms. The van der Waals surface area contributed by atoms with Gasteiger partial charge in [-0.3, -0.25) is 0 Å². The number of benzene rings is 1. The monoisotopic (exact) mass is 280 g/mol. The molecule has 0 bridgehead atoms. The fourth-order valence-corrected chi connectivity index (χ4v) is 3.87. The van der Waals surface area contributed by atoms with Gasteiger partial charge in [-0.15, -0.1) is 11.6 Å². The minimum atomic E-state index is 0.157. The molecule has 1 aliphatic rings. The molecular formula is C17H25ClO. The van der Waals surface area contributed by atoms with E-state index < -0.39 is 0 Å². The number of halogens is 1. The largest absolute Gasteiger partial charge is 0.489 e. The Labute approximate surface area is 122 Å². The van der Waals surface area contributed by atoms with Crippen LogP contribution in [0.3, 0.4) is 0 Å². The summed E-state index contributed by atoms with van der Waals surface area (Å²) in [5.41, 5.74) is 3.94. The van der Waals surface area contributed by atoms with E-state index in [9.17, 15) is 0 Å². The van der Waals surface area contributed by atoms with Gasteiger partial charge in [0, 0.05) is 17.2 Å². The Hall–Kier alpha value is -0.690. The van der Waals surface area contributed by atoms with Crippen LogP contribution < -0.4 is 4.74 Å². The van der Waals surface area contributed by atoms with Crippen molar-refractivity contribution in [3.8, 4) is 5.75 Å². The molecule has 0 amide bonds. The Morgan fingerprint density at radius 2 is 1.74 bits per heavy atom. The molecule has 0 aliphatic heterocycles. The van der Waals surface area contributed by atoms with Crippen molar-refractivity contribution >= 4 is 11.6 Å². The molecule has 106 valence electrons. The summed E-state index contributed by atoms with van der Waals surface area (Å²) in [7, 11) is 0. The number of aryl methyl sites for hydroxylation is 2. The average molecular weight is 281 g/mol. The highest BCUT2D eigenvalue weighted by molar-refractivity contribution is 6.21. The minimum absolute atomic E-state index is 0.157. The second-order valence-electron chi connectivity index (χ2n) is 5.90. The Kier molecular flexibility index (Phi) is 4.15. The van der Waals surface area contributed by atoms with Gasteiger partial charge in [0.15, 0.2) is 0 Å². The Balaban J connectivity index is 2.26. The van der Waals surface area contributed by atoms with Crippen LogP contribution in [0.2, 0.25) is 0 Å². The van der Waals surface area contributed by atoms with Crippen molar-refractivity contribution in [2.24, 2.45) is 5.41 Å². The zero-order valence-corrected chi connectivity index (χ0v) is 13.5. The van der Waals surface area contributed by atoms with Crippen LogP contribution in [0.1, 0.15) is 49.8 Å². The van der Waals surface area contributed by atoms with Crippen LogP contribution in [-0.2, 0) is 0 Å². The zero-order chi connectivity index (χ0) is 14.2. The van der Waals surface area contributed by atoms with E-state index in [1.54, 1.807) is 0 Å². The second-order valence-corrected chi connectivity index (χ2v) is 6.43. The Morgan fingerprint density at radius 3 is 2.26 bits per heavy atom. The number of hydrogen-bond donors (Lipinski definition) is 0. The maximum atomic E-state index is 6.46. The maximum absolute atomic E-state index is 6.46. The van der Waals surface area contributed by atoms with Gasteiger partial charge in [-0.2, -0.15) is 0 Å². The van der Waals surface area contributed by atoms with Crippen LogP contribution in [0.15, 0.2) is 12.1 Å². The van der Waals surface area contributed by atoms with E-state index in [-0.39, 0.29) is 16.9 Å². The third-order valence-electron chi connectivity index (χ3n) is 5.14. The first-order valence-electron chi connectivity index (χ1n) is 7.33. The minimum Gasteiger partial charge on any atom is -0.489 e. The first-order valence-corrected chi connectivity index (χ1v) is 7.77. The first-order chi connectivity index (χ1) is 8.96. The molecular weight excluding hydrogens is 256 g/mol. The molecule has 1 aromatic carbocycles. The highest BCUT2D eigenvalue weighted by Crippen LogP contribution is 2.52. The summed E-state index contributed by atoms with van der Waals surface area (Å²) in [6.45, 7) is 10.9. The molecule has 1 saturated carbocycles. The molecule has 0 spiro atoms. The van der Waals surface area contributed by atoms with Gasteiger partial charge < -0.3 is 4.74 Å². The van der Waals surface area contributed by atoms with E-state index in [1.807, 2.05) is 0 Å². The van der Waals surface area contributed by atoms with E-state index in [1.165, 1.54) is 16.7 Å². The van der Waals surface area contributed by atoms with Gasteiger partial charge in [0.25, 0.3) is 0 Å². The molecule has 0 radical (unpaired) electrons. The maximum Gasteiger partial charge on any atom is 0.125 e. The third kappa shape index (κ3) is 2.27. The second kappa shape index (κ2) is 5.36. The number of hydrogen-bond acceptors (Lipinski definition) is 1. The SMILES string of the molecule is CCC1(CC)C(Cl)CC1Oc1c(C)ccc(C)c1C. The van der Waals surface area contributed by atoms with E-state index in [0.717, 1.165) is 25.0 Å². The van der Waals surface area contributed by atoms with Crippen LogP contribution in [0.25, 0.3) is 0 Å². The summed E-state index contributed by atoms with van der Waals surface area (Å²) in [4.78, 5) is 0. The highest BCUT2D eigenvalue weighted by Gasteiger charge is 2.53. The topological polar surface area (TPSA) is 9.23 Å². The van der Waals surface area contributed by atoms with Crippen molar-refractivity contribution in [3.63, 3.8) is 0 Å². The van der Waals surface area contributed by atoms with Gasteiger partial charge in [0.1, 0.15) is 11.9 Å². The van der Waals surface area contributed by atoms with Crippen LogP contribution >= 0.6 is 11.6 Å². The summed E-state index contributed by atoms with van der Waals surface area (Å²) >= 11 is 6.46. The highest BCUT2D eigenvalue weighted by atomic mass is 35.5. The standard InChI is InChI=1S/C17H25ClO/c1-6-17(7-2)14(18)10-15(17)19-16-12(4)9-8-11(3)13(16)5/h8-9,14-15H,6-7,10H2,1-5H3. The summed E-state index contributed by atoms with van der Waals surface area (Å²) < 4.78 is 6.38. The molecule has 0 saturated heterocycles. The molecule has 0 N–H and O–H groups in total. The molecule has 1 aliphatic carbocycles. The smallest absolute Gasteiger partial charge is 0.125 e. The lowest BCUT2D eigenvalue weighted by Gasteiger charge is -2.52. The third-order valence-corrected chi connectivity index (χ3v) is 5.75. The van der Waals surface area contributed by atoms with Crippen molar-refractivity contribution in [2.45, 2.75) is 65.4 Å². The predicted molar refractivity (Wildman–Crippen MR) is 82.3 cm³/mol. The summed E-state index contributed by atoms with van der Waals surface area (Å²) in [5.74, 6) is 1.07. The van der Waals surface area contributed by atoms with Crippen LogP contribution in [0.5, 0.6) is 5.75 Å². The summed E-state index contributed by atoms with van der Waals surface area (Å²) in [5, 5.41) is 0.262. The first kappa shape index (κ1) is 14.7. The molecule has 2 unspecified atom stereocenters. The molecule has 0 aromatic heterocycles. The van der Waals surface area contributed by atoms with Crippen molar-refractivity contribution in [1.82, 2.24) is 0 Å². The molecule has 1 fully saturated rings. The molecule has 1 nitrogen and oxygen atoms in total. The zero-order valence-electron chi connectivity index (χ0n) is 12.7. The normalized spacial score (nSPS) is 24.9. The fraction of sp³-hybridized carbons (Fsp3) is 0.647. The average Bonchev–Trinajstić information content (AvgIpc) is 2.39. The lowest BCUT2D eigenvalue weighted by atomic mass is 9.62. The van der Waals surface area contributed by atoms with Gasteiger partial charge >= 0.3 is 0 Å². The summed E-state index contributed by atoms with van der Waals surface area (Å²) in [6.07, 6.45) is 3.42. The molecule has 2 atom stereocenters. The molecule has 0 heterocycles. The van der Waals surface area contributed by atoms with Crippen LogP contribution in [0.4, 0.5) is 0 Å². The van der Waals surface area contributed by atoms with E-state index in [0.29, 0.717) is 0 Å². The molecule has 1 aromatic rings. The van der Waals surface area contributed by atoms with Crippen molar-refractivity contribution in [3.05, 3.63) is 28.8 Å². The van der Waals surface area contributed by atoms with E-state index in [2.05, 4.69) is 46.8 Å². The Morgan fingerprint density at radius 1 is 1.16 bits per heavy atom. The van der Waals surface area contributed by atoms with Gasteiger partial charge in [0.05, 0.1) is 0 Å². The van der Waals surface area contributed by atoms with E-state index >= 15 is 0 Å². The Bertz CT molecular complexity index is 463. The number of alkyl halides is 1. The predicted octanol–water partition coefficient (Wildman–Crippen LogP) is 5.18. The number of rotatable bonds is 4. The fourth-order valence-electron chi connectivity index (χ4n) is 3.26. The van der Waals surface area contributed by atoms with Crippen molar-refractivity contribution in [1.29, 1.82) is 0 Å². The molecule has 19 heavy (non-hydrogen) atoms. The lowest BCUT2D eigenvalue weighted by Crippen LogP contribution is -2.56. The van der Waals surface area contributed by atoms with E-state index in [4.69, 9.17) is 16.3 Å². The van der Waals surface area contributed by atoms with Gasteiger partial charge in [0.2, 0.25) is 0 Å². The van der Waals surface area contributed by atoms with Crippen molar-refractivity contribution < 1.29 is 4.74 Å². The van der Waals surface area contributed by atoms with Crippen LogP contribution in [0, 0.1) is 26.2 Å². The van der Waals surface area contributed by atoms with Gasteiger partial charge in [-0.1, -0.05) is 26.0 Å². The molecule has 2 rings (SSSR count). The van der Waals surface area contributed by atoms with Crippen LogP contribution in [-0.4, -0.2) is 11.5 Å².